The van der Waals surface area contributed by atoms with Crippen molar-refractivity contribution < 1.29 is 18.7 Å². The van der Waals surface area contributed by atoms with Crippen LogP contribution in [0.5, 0.6) is 17.2 Å². The molecule has 102 valence electrons. The number of rotatable bonds is 4. The Balaban J connectivity index is 2.69. The number of hydrogen-bond acceptors (Lipinski definition) is 6. The Bertz CT molecular complexity index is 598. The molecule has 0 aliphatic heterocycles. The summed E-state index contributed by atoms with van der Waals surface area (Å²) in [6.07, 6.45) is 0. The van der Waals surface area contributed by atoms with Gasteiger partial charge in [-0.1, -0.05) is 16.8 Å². The molecule has 1 aromatic carbocycles. The zero-order valence-corrected chi connectivity index (χ0v) is 11.4. The molecule has 0 radical (unpaired) electrons. The topological polar surface area (TPSA) is 79.7 Å². The van der Waals surface area contributed by atoms with Crippen molar-refractivity contribution in [3.63, 3.8) is 0 Å². The molecule has 0 aliphatic carbocycles. The lowest BCUT2D eigenvalue weighted by Gasteiger charge is -2.15. The predicted octanol–water partition coefficient (Wildman–Crippen LogP) is 2.60. The lowest BCUT2D eigenvalue weighted by atomic mass is 10.1. The van der Waals surface area contributed by atoms with Crippen molar-refractivity contribution in [2.75, 3.05) is 27.1 Å². The molecule has 6 nitrogen and oxygen atoms in total. The maximum Gasteiger partial charge on any atom is 0.222 e. The van der Waals surface area contributed by atoms with E-state index in [1.165, 1.54) is 21.3 Å². The Kier molecular flexibility index (Phi) is 3.71. The normalized spacial score (nSPS) is 10.3. The van der Waals surface area contributed by atoms with Crippen molar-refractivity contribution in [2.45, 2.75) is 0 Å². The van der Waals surface area contributed by atoms with Crippen LogP contribution in [0.2, 0.25) is 5.02 Å². The third-order valence-electron chi connectivity index (χ3n) is 2.58. The van der Waals surface area contributed by atoms with Crippen LogP contribution in [0.25, 0.3) is 11.3 Å². The van der Waals surface area contributed by atoms with Crippen LogP contribution in [-0.4, -0.2) is 26.5 Å². The Morgan fingerprint density at radius 2 is 1.79 bits per heavy atom. The minimum absolute atomic E-state index is 0.197. The summed E-state index contributed by atoms with van der Waals surface area (Å²) >= 11 is 6.24. The van der Waals surface area contributed by atoms with Crippen LogP contribution in [0.3, 0.4) is 0 Å². The van der Waals surface area contributed by atoms with E-state index in [4.69, 9.17) is 36.1 Å². The minimum Gasteiger partial charge on any atom is -0.494 e. The largest absolute Gasteiger partial charge is 0.494 e. The Labute approximate surface area is 115 Å². The van der Waals surface area contributed by atoms with Crippen LogP contribution in [0.1, 0.15) is 0 Å². The lowest BCUT2D eigenvalue weighted by molar-refractivity contribution is 0.349. The first kappa shape index (κ1) is 13.4. The highest BCUT2D eigenvalue weighted by molar-refractivity contribution is 6.34. The molecule has 7 heteroatoms. The van der Waals surface area contributed by atoms with E-state index in [1.807, 2.05) is 0 Å². The van der Waals surface area contributed by atoms with E-state index < -0.39 is 0 Å². The highest BCUT2D eigenvalue weighted by Crippen LogP contribution is 2.47. The van der Waals surface area contributed by atoms with E-state index in [9.17, 15) is 0 Å². The van der Waals surface area contributed by atoms with Gasteiger partial charge in [-0.05, 0) is 6.07 Å². The molecule has 0 atom stereocenters. The first-order chi connectivity index (χ1) is 9.12. The maximum absolute atomic E-state index is 6.24. The summed E-state index contributed by atoms with van der Waals surface area (Å²) in [7, 11) is 4.51. The fraction of sp³-hybridized carbons (Fsp3) is 0.250. The van der Waals surface area contributed by atoms with Crippen LogP contribution in [0, 0.1) is 0 Å². The summed E-state index contributed by atoms with van der Waals surface area (Å²) in [5.74, 6) is 1.46. The molecule has 1 heterocycles. The molecule has 0 spiro atoms. The molecule has 1 aromatic heterocycles. The first-order valence-electron chi connectivity index (χ1n) is 5.33. The predicted molar refractivity (Wildman–Crippen MR) is 71.0 cm³/mol. The number of anilines is 1. The van der Waals surface area contributed by atoms with Gasteiger partial charge in [-0.15, -0.1) is 0 Å². The summed E-state index contributed by atoms with van der Waals surface area (Å²) in [6, 6.07) is 3.26. The molecular weight excluding hydrogens is 272 g/mol. The standard InChI is InChI=1S/C12H13ClN2O4/c1-16-8-4-6(7-5-9(14)19-15-7)11(17-2)10(13)12(8)18-3/h4-5H,14H2,1-3H3. The van der Waals surface area contributed by atoms with E-state index in [2.05, 4.69) is 5.16 Å². The SMILES string of the molecule is COc1cc(-c2cc(N)on2)c(OC)c(Cl)c1OC. The average Bonchev–Trinajstić information content (AvgIpc) is 2.84. The number of nitrogen functional groups attached to an aromatic ring is 1. The van der Waals surface area contributed by atoms with Crippen LogP contribution in [-0.2, 0) is 0 Å². The second-order valence-electron chi connectivity index (χ2n) is 3.62. The van der Waals surface area contributed by atoms with Crippen LogP contribution < -0.4 is 19.9 Å². The van der Waals surface area contributed by atoms with Crippen LogP contribution >= 0.6 is 11.6 Å². The van der Waals surface area contributed by atoms with E-state index in [0.29, 0.717) is 33.5 Å². The molecule has 0 saturated carbocycles. The minimum atomic E-state index is 0.197. The molecule has 19 heavy (non-hydrogen) atoms. The number of ether oxygens (including phenoxy) is 3. The Morgan fingerprint density at radius 3 is 2.26 bits per heavy atom. The number of nitrogens with zero attached hydrogens (tertiary/aromatic N) is 1. The molecule has 0 amide bonds. The fourth-order valence-corrected chi connectivity index (χ4v) is 2.09. The third-order valence-corrected chi connectivity index (χ3v) is 2.92. The van der Waals surface area contributed by atoms with E-state index in [0.717, 1.165) is 0 Å². The number of hydrogen-bond donors (Lipinski definition) is 1. The van der Waals surface area contributed by atoms with Crippen molar-refractivity contribution in [3.05, 3.63) is 17.2 Å². The summed E-state index contributed by atoms with van der Waals surface area (Å²) in [6.45, 7) is 0. The Morgan fingerprint density at radius 1 is 1.11 bits per heavy atom. The van der Waals surface area contributed by atoms with Crippen LogP contribution in [0.4, 0.5) is 5.88 Å². The maximum atomic E-state index is 6.24. The van der Waals surface area contributed by atoms with Gasteiger partial charge in [0.15, 0.2) is 17.2 Å². The second kappa shape index (κ2) is 5.27. The van der Waals surface area contributed by atoms with Gasteiger partial charge in [0.25, 0.3) is 0 Å². The van der Waals surface area contributed by atoms with Gasteiger partial charge < -0.3 is 24.5 Å². The van der Waals surface area contributed by atoms with E-state index in [1.54, 1.807) is 12.1 Å². The molecule has 0 aliphatic rings. The van der Waals surface area contributed by atoms with Crippen molar-refractivity contribution in [1.29, 1.82) is 0 Å². The van der Waals surface area contributed by atoms with Crippen molar-refractivity contribution in [1.82, 2.24) is 5.16 Å². The van der Waals surface area contributed by atoms with Crippen molar-refractivity contribution in [3.8, 4) is 28.5 Å². The highest BCUT2D eigenvalue weighted by atomic mass is 35.5. The van der Waals surface area contributed by atoms with Crippen molar-refractivity contribution >= 4 is 17.5 Å². The second-order valence-corrected chi connectivity index (χ2v) is 4.00. The van der Waals surface area contributed by atoms with E-state index >= 15 is 0 Å². The third kappa shape index (κ3) is 2.26. The van der Waals surface area contributed by atoms with Gasteiger partial charge in [-0.2, -0.15) is 0 Å². The molecule has 0 unspecified atom stereocenters. The number of halogens is 1. The average molecular weight is 285 g/mol. The molecule has 0 bridgehead atoms. The van der Waals surface area contributed by atoms with Gasteiger partial charge in [-0.25, -0.2) is 0 Å². The zero-order valence-electron chi connectivity index (χ0n) is 10.7. The number of aromatic nitrogens is 1. The summed E-state index contributed by atoms with van der Waals surface area (Å²) in [5.41, 5.74) is 6.61. The smallest absolute Gasteiger partial charge is 0.222 e. The van der Waals surface area contributed by atoms with Gasteiger partial charge in [0.1, 0.15) is 10.7 Å². The molecule has 0 fully saturated rings. The quantitative estimate of drug-likeness (QED) is 0.929. The number of benzene rings is 1. The molecular formula is C12H13ClN2O4. The molecule has 0 saturated heterocycles. The van der Waals surface area contributed by atoms with Gasteiger partial charge in [0.05, 0.1) is 26.9 Å². The summed E-state index contributed by atoms with van der Waals surface area (Å²) < 4.78 is 20.6. The zero-order chi connectivity index (χ0) is 14.0. The Hall–Kier alpha value is -2.08. The van der Waals surface area contributed by atoms with Crippen molar-refractivity contribution in [2.24, 2.45) is 0 Å². The number of methoxy groups -OCH3 is 3. The first-order valence-corrected chi connectivity index (χ1v) is 5.71. The highest BCUT2D eigenvalue weighted by Gasteiger charge is 2.21. The number of nitrogens with two attached hydrogens (primary N) is 1. The van der Waals surface area contributed by atoms with E-state index in [-0.39, 0.29) is 5.88 Å². The summed E-state index contributed by atoms with van der Waals surface area (Å²) in [5, 5.41) is 4.12. The summed E-state index contributed by atoms with van der Waals surface area (Å²) in [4.78, 5) is 0. The van der Waals surface area contributed by atoms with Crippen LogP contribution in [0.15, 0.2) is 16.7 Å². The fourth-order valence-electron chi connectivity index (χ4n) is 1.74. The van der Waals surface area contributed by atoms with Gasteiger partial charge in [0, 0.05) is 6.07 Å². The molecule has 2 N–H and O–H groups in total. The molecule has 2 rings (SSSR count). The lowest BCUT2D eigenvalue weighted by Crippen LogP contribution is -1.96. The molecule has 2 aromatic rings. The van der Waals surface area contributed by atoms with Gasteiger partial charge in [0.2, 0.25) is 5.88 Å². The monoisotopic (exact) mass is 284 g/mol. The van der Waals surface area contributed by atoms with Gasteiger partial charge in [-0.3, -0.25) is 0 Å². The van der Waals surface area contributed by atoms with Gasteiger partial charge >= 0.3 is 0 Å².